The smallest absolute Gasteiger partial charge is 0.332 e. The summed E-state index contributed by atoms with van der Waals surface area (Å²) in [4.78, 5) is 21.2. The molecule has 0 spiro atoms. The van der Waals surface area contributed by atoms with Crippen LogP contribution in [-0.4, -0.2) is 34.5 Å². The van der Waals surface area contributed by atoms with Gasteiger partial charge in [-0.1, -0.05) is 6.92 Å². The van der Waals surface area contributed by atoms with Gasteiger partial charge in [-0.15, -0.1) is 0 Å². The molecule has 7 heteroatoms. The molecule has 0 atom stereocenters. The number of aryl methyl sites for hydroxylation is 1. The topological polar surface area (TPSA) is 84.2 Å². The van der Waals surface area contributed by atoms with Crippen LogP contribution in [0.1, 0.15) is 31.9 Å². The van der Waals surface area contributed by atoms with Crippen LogP contribution < -0.4 is 10.2 Å². The predicted molar refractivity (Wildman–Crippen MR) is 73.6 cm³/mol. The zero-order valence-corrected chi connectivity index (χ0v) is 11.5. The van der Waals surface area contributed by atoms with Crippen LogP contribution in [0.2, 0.25) is 0 Å². The maximum Gasteiger partial charge on any atom is 0.332 e. The van der Waals surface area contributed by atoms with E-state index in [4.69, 9.17) is 0 Å². The van der Waals surface area contributed by atoms with Crippen LogP contribution in [0.25, 0.3) is 0 Å². The molecule has 0 bridgehead atoms. The lowest BCUT2D eigenvalue weighted by molar-refractivity contribution is -0.385. The van der Waals surface area contributed by atoms with Gasteiger partial charge in [-0.2, -0.15) is 4.98 Å². The second kappa shape index (κ2) is 5.38. The van der Waals surface area contributed by atoms with E-state index < -0.39 is 4.92 Å². The summed E-state index contributed by atoms with van der Waals surface area (Å²) in [7, 11) is 1.86. The second-order valence-electron chi connectivity index (χ2n) is 4.83. The molecule has 104 valence electrons. The highest BCUT2D eigenvalue weighted by atomic mass is 16.6. The first kappa shape index (κ1) is 13.5. The molecule has 19 heavy (non-hydrogen) atoms. The van der Waals surface area contributed by atoms with Crippen molar-refractivity contribution < 1.29 is 4.92 Å². The van der Waals surface area contributed by atoms with Gasteiger partial charge in [0.25, 0.3) is 0 Å². The molecule has 0 amide bonds. The minimum absolute atomic E-state index is 0.0106. The van der Waals surface area contributed by atoms with Gasteiger partial charge in [0.15, 0.2) is 0 Å². The number of nitro groups is 1. The van der Waals surface area contributed by atoms with Gasteiger partial charge in [-0.05, 0) is 26.2 Å². The van der Waals surface area contributed by atoms with E-state index >= 15 is 0 Å². The van der Waals surface area contributed by atoms with Crippen molar-refractivity contribution in [3.63, 3.8) is 0 Å². The van der Waals surface area contributed by atoms with Crippen molar-refractivity contribution in [2.24, 2.45) is 0 Å². The number of hydrogen-bond acceptors (Lipinski definition) is 6. The van der Waals surface area contributed by atoms with Crippen LogP contribution in [0.3, 0.4) is 0 Å². The third-order valence-electron chi connectivity index (χ3n) is 3.18. The number of nitrogens with zero attached hydrogens (tertiary/aromatic N) is 4. The Balaban J connectivity index is 2.39. The first-order chi connectivity index (χ1) is 9.04. The molecular formula is C12H19N5O2. The lowest BCUT2D eigenvalue weighted by Gasteiger charge is -2.18. The normalized spacial score (nSPS) is 14.3. The van der Waals surface area contributed by atoms with Crippen LogP contribution in [0.15, 0.2) is 0 Å². The first-order valence-electron chi connectivity index (χ1n) is 6.54. The molecule has 1 aliphatic carbocycles. The van der Waals surface area contributed by atoms with E-state index in [9.17, 15) is 10.1 Å². The molecule has 0 unspecified atom stereocenters. The number of hydrogen-bond donors (Lipinski definition) is 1. The lowest BCUT2D eigenvalue weighted by atomic mass is 10.3. The summed E-state index contributed by atoms with van der Waals surface area (Å²) in [5, 5.41) is 14.3. The zero-order valence-electron chi connectivity index (χ0n) is 11.5. The van der Waals surface area contributed by atoms with E-state index in [0.717, 1.165) is 25.8 Å². The van der Waals surface area contributed by atoms with Gasteiger partial charge in [0.1, 0.15) is 5.69 Å². The molecule has 0 radical (unpaired) electrons. The highest BCUT2D eigenvalue weighted by molar-refractivity contribution is 5.63. The van der Waals surface area contributed by atoms with Gasteiger partial charge < -0.3 is 10.2 Å². The minimum Gasteiger partial charge on any atom is -0.354 e. The zero-order chi connectivity index (χ0) is 14.0. The van der Waals surface area contributed by atoms with Crippen molar-refractivity contribution in [1.29, 1.82) is 0 Å². The summed E-state index contributed by atoms with van der Waals surface area (Å²) >= 11 is 0. The van der Waals surface area contributed by atoms with E-state index in [1.165, 1.54) is 0 Å². The van der Waals surface area contributed by atoms with E-state index in [-0.39, 0.29) is 5.69 Å². The lowest BCUT2D eigenvalue weighted by Crippen LogP contribution is -2.23. The maximum atomic E-state index is 11.2. The van der Waals surface area contributed by atoms with Crippen molar-refractivity contribution >= 4 is 17.5 Å². The van der Waals surface area contributed by atoms with Crippen molar-refractivity contribution in [2.45, 2.75) is 39.2 Å². The Morgan fingerprint density at radius 3 is 2.68 bits per heavy atom. The van der Waals surface area contributed by atoms with Crippen molar-refractivity contribution in [3.8, 4) is 0 Å². The Hall–Kier alpha value is -1.92. The van der Waals surface area contributed by atoms with E-state index in [1.807, 2.05) is 18.9 Å². The molecule has 0 aromatic carbocycles. The van der Waals surface area contributed by atoms with Crippen LogP contribution in [0, 0.1) is 17.0 Å². The molecule has 2 rings (SSSR count). The van der Waals surface area contributed by atoms with E-state index in [1.54, 1.807) is 6.92 Å². The summed E-state index contributed by atoms with van der Waals surface area (Å²) in [6, 6.07) is 0.368. The van der Waals surface area contributed by atoms with Crippen molar-refractivity contribution in [3.05, 3.63) is 15.8 Å². The minimum atomic E-state index is -0.396. The molecule has 1 heterocycles. The molecule has 1 aliphatic rings. The maximum absolute atomic E-state index is 11.2. The molecule has 1 aromatic heterocycles. The molecule has 1 saturated carbocycles. The number of anilines is 2. The van der Waals surface area contributed by atoms with E-state index in [0.29, 0.717) is 23.5 Å². The summed E-state index contributed by atoms with van der Waals surface area (Å²) in [5.41, 5.74) is 0.414. The Morgan fingerprint density at radius 2 is 2.16 bits per heavy atom. The fourth-order valence-electron chi connectivity index (χ4n) is 1.96. The summed E-state index contributed by atoms with van der Waals surface area (Å²) in [5.74, 6) is 0.881. The number of aromatic nitrogens is 2. The molecule has 7 nitrogen and oxygen atoms in total. The Bertz CT molecular complexity index is 487. The molecule has 1 N–H and O–H groups in total. The summed E-state index contributed by atoms with van der Waals surface area (Å²) < 4.78 is 0. The van der Waals surface area contributed by atoms with Gasteiger partial charge in [0.2, 0.25) is 11.8 Å². The average molecular weight is 265 g/mol. The van der Waals surface area contributed by atoms with Gasteiger partial charge in [-0.25, -0.2) is 4.98 Å². The van der Waals surface area contributed by atoms with Gasteiger partial charge in [-0.3, -0.25) is 10.1 Å². The Morgan fingerprint density at radius 1 is 1.47 bits per heavy atom. The number of rotatable bonds is 6. The van der Waals surface area contributed by atoms with Crippen LogP contribution in [0.5, 0.6) is 0 Å². The fraction of sp³-hybridized carbons (Fsp3) is 0.667. The predicted octanol–water partition coefficient (Wildman–Crippen LogP) is 2.11. The standard InChI is InChI=1S/C12H19N5O2/c1-4-7-13-12-14-8(2)10(17(18)19)11(15-12)16(3)9-5-6-9/h9H,4-7H2,1-3H3,(H,13,14,15). The summed E-state index contributed by atoms with van der Waals surface area (Å²) in [6.07, 6.45) is 3.08. The van der Waals surface area contributed by atoms with E-state index in [2.05, 4.69) is 15.3 Å². The van der Waals surface area contributed by atoms with Gasteiger partial charge in [0, 0.05) is 19.6 Å². The second-order valence-corrected chi connectivity index (χ2v) is 4.83. The van der Waals surface area contributed by atoms with Crippen molar-refractivity contribution in [1.82, 2.24) is 9.97 Å². The quantitative estimate of drug-likeness (QED) is 0.626. The fourth-order valence-corrected chi connectivity index (χ4v) is 1.96. The third-order valence-corrected chi connectivity index (χ3v) is 3.18. The van der Waals surface area contributed by atoms with Crippen LogP contribution >= 0.6 is 0 Å². The highest BCUT2D eigenvalue weighted by Gasteiger charge is 2.33. The van der Waals surface area contributed by atoms with Gasteiger partial charge in [0.05, 0.1) is 4.92 Å². The molecular weight excluding hydrogens is 246 g/mol. The highest BCUT2D eigenvalue weighted by Crippen LogP contribution is 2.36. The molecule has 0 saturated heterocycles. The van der Waals surface area contributed by atoms with Crippen molar-refractivity contribution in [2.75, 3.05) is 23.8 Å². The Kier molecular flexibility index (Phi) is 3.82. The number of nitrogens with one attached hydrogen (secondary N) is 1. The third kappa shape index (κ3) is 2.91. The summed E-state index contributed by atoms with van der Waals surface area (Å²) in [6.45, 7) is 4.45. The largest absolute Gasteiger partial charge is 0.354 e. The van der Waals surface area contributed by atoms with Crippen LogP contribution in [0.4, 0.5) is 17.5 Å². The Labute approximate surface area is 112 Å². The van der Waals surface area contributed by atoms with Crippen LogP contribution in [-0.2, 0) is 0 Å². The first-order valence-corrected chi connectivity index (χ1v) is 6.54. The van der Waals surface area contributed by atoms with Gasteiger partial charge >= 0.3 is 5.69 Å². The molecule has 1 aromatic rings. The monoisotopic (exact) mass is 265 g/mol. The molecule has 0 aliphatic heterocycles. The average Bonchev–Trinajstić information content (AvgIpc) is 3.18. The molecule has 1 fully saturated rings. The SMILES string of the molecule is CCCNc1nc(C)c([N+](=O)[O-])c(N(C)C2CC2)n1.